The average Bonchev–Trinajstić information content (AvgIpc) is 2.60. The van der Waals surface area contributed by atoms with Gasteiger partial charge in [-0.05, 0) is 20.3 Å². The van der Waals surface area contributed by atoms with Crippen LogP contribution in [0.15, 0.2) is 0 Å². The van der Waals surface area contributed by atoms with Crippen LogP contribution in [0.2, 0.25) is 0 Å². The van der Waals surface area contributed by atoms with Crippen LogP contribution >= 0.6 is 0 Å². The lowest BCUT2D eigenvalue weighted by molar-refractivity contribution is 0.0416. The van der Waals surface area contributed by atoms with Crippen LogP contribution in [0.4, 0.5) is 8.78 Å². The minimum absolute atomic E-state index is 0.0534. The van der Waals surface area contributed by atoms with Gasteiger partial charge in [-0.3, -0.25) is 0 Å². The number of alkyl halides is 2. The Hall–Kier alpha value is -0.270. The third-order valence-corrected chi connectivity index (χ3v) is 6.16. The van der Waals surface area contributed by atoms with Crippen LogP contribution in [-0.2, 0) is 14.8 Å². The van der Waals surface area contributed by atoms with E-state index in [4.69, 9.17) is 4.74 Å². The third kappa shape index (κ3) is 2.28. The number of hydrogen-bond donors (Lipinski definition) is 0. The van der Waals surface area contributed by atoms with Crippen molar-refractivity contribution in [2.24, 2.45) is 5.41 Å². The van der Waals surface area contributed by atoms with Gasteiger partial charge >= 0.3 is 0 Å². The van der Waals surface area contributed by atoms with Crippen molar-refractivity contribution in [3.63, 3.8) is 0 Å². The first-order chi connectivity index (χ1) is 8.04. The molecule has 2 aliphatic rings. The SMILES string of the molecule is COC(C)(C)CS(=O)(=O)N1CCC2(C1)CC2(F)F. The van der Waals surface area contributed by atoms with Crippen LogP contribution in [0.5, 0.6) is 0 Å². The molecule has 1 saturated heterocycles. The summed E-state index contributed by atoms with van der Waals surface area (Å²) in [7, 11) is -2.10. The Bertz CT molecular complexity index is 449. The fourth-order valence-corrected chi connectivity index (χ4v) is 4.48. The summed E-state index contributed by atoms with van der Waals surface area (Å²) in [6.45, 7) is 3.48. The van der Waals surface area contributed by atoms with Gasteiger partial charge in [-0.15, -0.1) is 0 Å². The van der Waals surface area contributed by atoms with Gasteiger partial charge in [-0.2, -0.15) is 0 Å². The maximum absolute atomic E-state index is 13.2. The molecule has 1 heterocycles. The summed E-state index contributed by atoms with van der Waals surface area (Å²) in [6, 6.07) is 0. The molecule has 18 heavy (non-hydrogen) atoms. The highest BCUT2D eigenvalue weighted by Gasteiger charge is 2.73. The number of nitrogens with zero attached hydrogens (tertiary/aromatic N) is 1. The molecule has 2 fully saturated rings. The summed E-state index contributed by atoms with van der Waals surface area (Å²) in [5.74, 6) is -2.87. The van der Waals surface area contributed by atoms with E-state index >= 15 is 0 Å². The van der Waals surface area contributed by atoms with Gasteiger partial charge in [-0.25, -0.2) is 21.5 Å². The van der Waals surface area contributed by atoms with Crippen LogP contribution in [0.1, 0.15) is 26.7 Å². The fourth-order valence-electron chi connectivity index (χ4n) is 2.48. The molecule has 0 amide bonds. The van der Waals surface area contributed by atoms with Crippen LogP contribution in [-0.4, -0.2) is 50.2 Å². The highest BCUT2D eigenvalue weighted by Crippen LogP contribution is 2.65. The quantitative estimate of drug-likeness (QED) is 0.785. The largest absolute Gasteiger partial charge is 0.378 e. The summed E-state index contributed by atoms with van der Waals surface area (Å²) >= 11 is 0. The van der Waals surface area contributed by atoms with Crippen molar-refractivity contribution in [1.82, 2.24) is 4.31 Å². The fraction of sp³-hybridized carbons (Fsp3) is 1.00. The van der Waals surface area contributed by atoms with Crippen molar-refractivity contribution in [3.05, 3.63) is 0 Å². The molecule has 4 nitrogen and oxygen atoms in total. The first kappa shape index (κ1) is 14.1. The van der Waals surface area contributed by atoms with E-state index in [9.17, 15) is 17.2 Å². The van der Waals surface area contributed by atoms with Gasteiger partial charge < -0.3 is 4.74 Å². The maximum atomic E-state index is 13.2. The Morgan fingerprint density at radius 2 is 1.94 bits per heavy atom. The molecule has 0 aromatic rings. The van der Waals surface area contributed by atoms with Gasteiger partial charge in [0.1, 0.15) is 0 Å². The zero-order valence-electron chi connectivity index (χ0n) is 10.9. The molecule has 1 saturated carbocycles. The maximum Gasteiger partial charge on any atom is 0.256 e. The predicted octanol–water partition coefficient (Wildman–Crippen LogP) is 1.47. The van der Waals surface area contributed by atoms with E-state index in [0.29, 0.717) is 0 Å². The predicted molar refractivity (Wildman–Crippen MR) is 63.1 cm³/mol. The smallest absolute Gasteiger partial charge is 0.256 e. The van der Waals surface area contributed by atoms with Crippen molar-refractivity contribution >= 4 is 10.0 Å². The third-order valence-electron chi connectivity index (χ3n) is 4.01. The number of hydrogen-bond acceptors (Lipinski definition) is 3. The number of methoxy groups -OCH3 is 1. The second-order valence-corrected chi connectivity index (χ2v) is 7.93. The van der Waals surface area contributed by atoms with Crippen LogP contribution in [0, 0.1) is 5.41 Å². The summed E-state index contributed by atoms with van der Waals surface area (Å²) in [5, 5.41) is 0. The number of rotatable bonds is 4. The van der Waals surface area contributed by atoms with Crippen molar-refractivity contribution in [2.45, 2.75) is 38.2 Å². The van der Waals surface area contributed by atoms with Gasteiger partial charge in [0.25, 0.3) is 5.92 Å². The van der Waals surface area contributed by atoms with Gasteiger partial charge in [0.15, 0.2) is 0 Å². The molecule has 1 unspecified atom stereocenters. The molecule has 2 rings (SSSR count). The van der Waals surface area contributed by atoms with Gasteiger partial charge in [0.05, 0.1) is 16.8 Å². The molecular weight excluding hydrogens is 264 g/mol. The minimum atomic E-state index is -3.54. The minimum Gasteiger partial charge on any atom is -0.378 e. The lowest BCUT2D eigenvalue weighted by Gasteiger charge is -2.26. The number of sulfonamides is 1. The molecule has 0 radical (unpaired) electrons. The summed E-state index contributed by atoms with van der Waals surface area (Å²) in [5.41, 5.74) is -1.89. The molecule has 1 spiro atoms. The second kappa shape index (κ2) is 3.86. The van der Waals surface area contributed by atoms with Crippen molar-refractivity contribution in [2.75, 3.05) is 26.0 Å². The van der Waals surface area contributed by atoms with Gasteiger partial charge in [0.2, 0.25) is 10.0 Å². The Labute approximate surface area is 106 Å². The van der Waals surface area contributed by atoms with Gasteiger partial charge in [-0.1, -0.05) is 0 Å². The highest BCUT2D eigenvalue weighted by molar-refractivity contribution is 7.89. The molecule has 1 aliphatic carbocycles. The van der Waals surface area contributed by atoms with E-state index < -0.39 is 27.0 Å². The lowest BCUT2D eigenvalue weighted by atomic mass is 10.1. The summed E-state index contributed by atoms with van der Waals surface area (Å²) < 4.78 is 57.0. The molecule has 0 aromatic heterocycles. The monoisotopic (exact) mass is 283 g/mol. The van der Waals surface area contributed by atoms with Crippen molar-refractivity contribution in [3.8, 4) is 0 Å². The first-order valence-corrected chi connectivity index (χ1v) is 7.55. The topological polar surface area (TPSA) is 46.6 Å². The number of ether oxygens (including phenoxy) is 1. The summed E-state index contributed by atoms with van der Waals surface area (Å²) in [4.78, 5) is 0. The highest BCUT2D eigenvalue weighted by atomic mass is 32.2. The molecule has 1 atom stereocenters. The van der Waals surface area contributed by atoms with Crippen LogP contribution in [0.25, 0.3) is 0 Å². The van der Waals surface area contributed by atoms with Gasteiger partial charge in [0, 0.05) is 26.6 Å². The van der Waals surface area contributed by atoms with Crippen molar-refractivity contribution in [1.29, 1.82) is 0 Å². The lowest BCUT2D eigenvalue weighted by Crippen LogP contribution is -2.41. The number of halogens is 2. The molecule has 0 aromatic carbocycles. The van der Waals surface area contributed by atoms with E-state index in [1.165, 1.54) is 11.4 Å². The molecule has 106 valence electrons. The van der Waals surface area contributed by atoms with E-state index in [2.05, 4.69) is 0 Å². The first-order valence-electron chi connectivity index (χ1n) is 5.95. The molecule has 1 aliphatic heterocycles. The Kier molecular flexibility index (Phi) is 3.04. The van der Waals surface area contributed by atoms with E-state index in [1.54, 1.807) is 13.8 Å². The van der Waals surface area contributed by atoms with Crippen molar-refractivity contribution < 1.29 is 21.9 Å². The molecular formula is C11H19F2NO3S. The zero-order valence-corrected chi connectivity index (χ0v) is 11.7. The van der Waals surface area contributed by atoms with E-state index in [0.717, 1.165) is 0 Å². The second-order valence-electron chi connectivity index (χ2n) is 5.97. The Morgan fingerprint density at radius 1 is 1.39 bits per heavy atom. The zero-order chi connectivity index (χ0) is 13.8. The molecule has 0 N–H and O–H groups in total. The normalized spacial score (nSPS) is 32.1. The van der Waals surface area contributed by atoms with E-state index in [-0.39, 0.29) is 31.7 Å². The summed E-state index contributed by atoms with van der Waals surface area (Å²) in [6.07, 6.45) is 0.0757. The average molecular weight is 283 g/mol. The Balaban J connectivity index is 2.06. The molecule has 7 heteroatoms. The van der Waals surface area contributed by atoms with Crippen LogP contribution < -0.4 is 0 Å². The molecule has 0 bridgehead atoms. The standard InChI is InChI=1S/C11H19F2NO3S/c1-9(2,17-3)8-18(15,16)14-5-4-10(7-14)6-11(10,12)13/h4-8H2,1-3H3. The van der Waals surface area contributed by atoms with Crippen LogP contribution in [0.3, 0.4) is 0 Å². The van der Waals surface area contributed by atoms with E-state index in [1.807, 2.05) is 0 Å². The Morgan fingerprint density at radius 3 is 2.33 bits per heavy atom.